The van der Waals surface area contributed by atoms with E-state index < -0.39 is 0 Å². The van der Waals surface area contributed by atoms with Gasteiger partial charge in [0.25, 0.3) is 0 Å². The smallest absolute Gasteiger partial charge is 0.135 e. The first-order valence-corrected chi connectivity index (χ1v) is 5.42. The van der Waals surface area contributed by atoms with Gasteiger partial charge < -0.3 is 4.74 Å². The first-order chi connectivity index (χ1) is 6.20. The van der Waals surface area contributed by atoms with Gasteiger partial charge in [-0.25, -0.2) is 4.98 Å². The van der Waals surface area contributed by atoms with E-state index in [0.717, 1.165) is 20.7 Å². The van der Waals surface area contributed by atoms with E-state index in [2.05, 4.69) is 20.9 Å². The first-order valence-electron chi connectivity index (χ1n) is 3.81. The molecule has 0 aliphatic rings. The van der Waals surface area contributed by atoms with Gasteiger partial charge in [-0.3, -0.25) is 0 Å². The standard InChI is InChI=1S/C9H8BrNOS/c1-5-11-7-4-8(12-2)6(10)3-9(7)13-5/h3-4H,1-2H3. The highest BCUT2D eigenvalue weighted by atomic mass is 79.9. The zero-order chi connectivity index (χ0) is 9.42. The number of ether oxygens (including phenoxy) is 1. The van der Waals surface area contributed by atoms with Crippen molar-refractivity contribution in [2.75, 3.05) is 7.11 Å². The number of methoxy groups -OCH3 is 1. The SMILES string of the molecule is COc1cc2nc(C)sc2cc1Br. The van der Waals surface area contributed by atoms with Gasteiger partial charge in [0, 0.05) is 6.07 Å². The van der Waals surface area contributed by atoms with E-state index >= 15 is 0 Å². The topological polar surface area (TPSA) is 22.1 Å². The predicted molar refractivity (Wildman–Crippen MR) is 58.6 cm³/mol. The summed E-state index contributed by atoms with van der Waals surface area (Å²) >= 11 is 5.13. The average molecular weight is 258 g/mol. The number of rotatable bonds is 1. The molecule has 1 aromatic heterocycles. The third kappa shape index (κ3) is 1.56. The molecular weight excluding hydrogens is 250 g/mol. The van der Waals surface area contributed by atoms with Gasteiger partial charge in [0.05, 0.1) is 26.8 Å². The van der Waals surface area contributed by atoms with Crippen molar-refractivity contribution in [1.82, 2.24) is 4.98 Å². The number of halogens is 1. The zero-order valence-electron chi connectivity index (χ0n) is 7.30. The maximum atomic E-state index is 5.18. The highest BCUT2D eigenvalue weighted by molar-refractivity contribution is 9.10. The molecule has 0 saturated heterocycles. The summed E-state index contributed by atoms with van der Waals surface area (Å²) in [6, 6.07) is 3.99. The Labute approximate surface area is 88.7 Å². The molecule has 0 atom stereocenters. The van der Waals surface area contributed by atoms with Gasteiger partial charge in [0.1, 0.15) is 5.75 Å². The number of nitrogens with zero attached hydrogens (tertiary/aromatic N) is 1. The second-order valence-electron chi connectivity index (χ2n) is 2.69. The fraction of sp³-hybridized carbons (Fsp3) is 0.222. The van der Waals surface area contributed by atoms with E-state index in [9.17, 15) is 0 Å². The molecule has 4 heteroatoms. The molecular formula is C9H8BrNOS. The Morgan fingerprint density at radius 3 is 2.92 bits per heavy atom. The quantitative estimate of drug-likeness (QED) is 0.782. The molecule has 0 saturated carbocycles. The Morgan fingerprint density at radius 1 is 1.46 bits per heavy atom. The Balaban J connectivity index is 2.72. The number of benzene rings is 1. The van der Waals surface area contributed by atoms with Crippen LogP contribution in [0.25, 0.3) is 10.2 Å². The van der Waals surface area contributed by atoms with Crippen LogP contribution in [0, 0.1) is 6.92 Å². The van der Waals surface area contributed by atoms with Gasteiger partial charge in [-0.05, 0) is 28.9 Å². The van der Waals surface area contributed by atoms with Crippen molar-refractivity contribution < 1.29 is 4.74 Å². The van der Waals surface area contributed by atoms with Crippen LogP contribution < -0.4 is 4.74 Å². The molecule has 1 aromatic carbocycles. The van der Waals surface area contributed by atoms with Crippen molar-refractivity contribution in [3.05, 3.63) is 21.6 Å². The maximum Gasteiger partial charge on any atom is 0.135 e. The molecule has 0 N–H and O–H groups in total. The number of fused-ring (bicyclic) bond motifs is 1. The van der Waals surface area contributed by atoms with E-state index in [4.69, 9.17) is 4.74 Å². The van der Waals surface area contributed by atoms with E-state index in [1.54, 1.807) is 18.4 Å². The second-order valence-corrected chi connectivity index (χ2v) is 4.78. The molecule has 13 heavy (non-hydrogen) atoms. The van der Waals surface area contributed by atoms with Crippen LogP contribution in [0.15, 0.2) is 16.6 Å². The maximum absolute atomic E-state index is 5.18. The molecule has 68 valence electrons. The summed E-state index contributed by atoms with van der Waals surface area (Å²) in [4.78, 5) is 4.38. The van der Waals surface area contributed by atoms with Crippen LogP contribution >= 0.6 is 27.3 Å². The lowest BCUT2D eigenvalue weighted by molar-refractivity contribution is 0.413. The van der Waals surface area contributed by atoms with Crippen LogP contribution in [0.1, 0.15) is 5.01 Å². The number of aromatic nitrogens is 1. The molecule has 1 heterocycles. The van der Waals surface area contributed by atoms with E-state index in [1.165, 1.54) is 4.70 Å². The van der Waals surface area contributed by atoms with Crippen LogP contribution in [0.3, 0.4) is 0 Å². The molecule has 2 aromatic rings. The Kier molecular flexibility index (Phi) is 2.26. The van der Waals surface area contributed by atoms with Crippen molar-refractivity contribution in [3.63, 3.8) is 0 Å². The van der Waals surface area contributed by atoms with Crippen LogP contribution in [0.5, 0.6) is 5.75 Å². The van der Waals surface area contributed by atoms with Crippen molar-refractivity contribution in [1.29, 1.82) is 0 Å². The van der Waals surface area contributed by atoms with Gasteiger partial charge in [-0.1, -0.05) is 0 Å². The van der Waals surface area contributed by atoms with Crippen molar-refractivity contribution in [3.8, 4) is 5.75 Å². The lowest BCUT2D eigenvalue weighted by atomic mass is 10.3. The molecule has 0 spiro atoms. The summed E-state index contributed by atoms with van der Waals surface area (Å²) < 4.78 is 7.34. The molecule has 0 radical (unpaired) electrons. The molecule has 2 nitrogen and oxygen atoms in total. The zero-order valence-corrected chi connectivity index (χ0v) is 9.70. The minimum absolute atomic E-state index is 0.831. The van der Waals surface area contributed by atoms with Gasteiger partial charge in [0.2, 0.25) is 0 Å². The van der Waals surface area contributed by atoms with Gasteiger partial charge in [-0.15, -0.1) is 11.3 Å². The molecule has 0 fully saturated rings. The molecule has 0 unspecified atom stereocenters. The average Bonchev–Trinajstić information content (AvgIpc) is 2.42. The Hall–Kier alpha value is -0.610. The summed E-state index contributed by atoms with van der Waals surface area (Å²) in [6.45, 7) is 2.01. The predicted octanol–water partition coefficient (Wildman–Crippen LogP) is 3.38. The fourth-order valence-electron chi connectivity index (χ4n) is 1.20. The van der Waals surface area contributed by atoms with E-state index in [-0.39, 0.29) is 0 Å². The van der Waals surface area contributed by atoms with Crippen molar-refractivity contribution in [2.45, 2.75) is 6.92 Å². The van der Waals surface area contributed by atoms with Gasteiger partial charge in [-0.2, -0.15) is 0 Å². The van der Waals surface area contributed by atoms with Crippen molar-refractivity contribution >= 4 is 37.5 Å². The molecule has 2 rings (SSSR count). The van der Waals surface area contributed by atoms with Crippen LogP contribution in [-0.4, -0.2) is 12.1 Å². The molecule has 0 bridgehead atoms. The van der Waals surface area contributed by atoms with Gasteiger partial charge >= 0.3 is 0 Å². The van der Waals surface area contributed by atoms with Crippen LogP contribution in [-0.2, 0) is 0 Å². The largest absolute Gasteiger partial charge is 0.495 e. The highest BCUT2D eigenvalue weighted by Crippen LogP contribution is 2.32. The third-order valence-electron chi connectivity index (χ3n) is 1.77. The fourth-order valence-corrected chi connectivity index (χ4v) is 2.71. The molecule has 0 amide bonds. The summed E-state index contributed by atoms with van der Waals surface area (Å²) in [5.41, 5.74) is 1.00. The number of aryl methyl sites for hydroxylation is 1. The second kappa shape index (κ2) is 3.27. The normalized spacial score (nSPS) is 10.7. The monoisotopic (exact) mass is 257 g/mol. The van der Waals surface area contributed by atoms with Crippen LogP contribution in [0.2, 0.25) is 0 Å². The van der Waals surface area contributed by atoms with Crippen molar-refractivity contribution in [2.24, 2.45) is 0 Å². The summed E-state index contributed by atoms with van der Waals surface area (Å²) in [5, 5.41) is 1.08. The van der Waals surface area contributed by atoms with E-state index in [0.29, 0.717) is 0 Å². The van der Waals surface area contributed by atoms with Crippen LogP contribution in [0.4, 0.5) is 0 Å². The number of thiazole rings is 1. The minimum atomic E-state index is 0.831. The summed E-state index contributed by atoms with van der Waals surface area (Å²) in [7, 11) is 1.66. The van der Waals surface area contributed by atoms with E-state index in [1.807, 2.05) is 19.1 Å². The lowest BCUT2D eigenvalue weighted by Crippen LogP contribution is -1.83. The number of hydrogen-bond acceptors (Lipinski definition) is 3. The summed E-state index contributed by atoms with van der Waals surface area (Å²) in [6.07, 6.45) is 0. The Morgan fingerprint density at radius 2 is 2.23 bits per heavy atom. The third-order valence-corrected chi connectivity index (χ3v) is 3.32. The molecule has 0 aliphatic heterocycles. The highest BCUT2D eigenvalue weighted by Gasteiger charge is 2.05. The summed E-state index contributed by atoms with van der Waals surface area (Å²) in [5.74, 6) is 0.831. The number of hydrogen-bond donors (Lipinski definition) is 0. The van der Waals surface area contributed by atoms with Gasteiger partial charge in [0.15, 0.2) is 0 Å². The minimum Gasteiger partial charge on any atom is -0.495 e. The lowest BCUT2D eigenvalue weighted by Gasteiger charge is -2.01. The Bertz CT molecular complexity index is 452. The first kappa shape index (κ1) is 8.97. The molecule has 0 aliphatic carbocycles.